The van der Waals surface area contributed by atoms with E-state index in [2.05, 4.69) is 10.6 Å². The van der Waals surface area contributed by atoms with Crippen molar-refractivity contribution in [3.63, 3.8) is 0 Å². The zero-order valence-electron chi connectivity index (χ0n) is 16.4. The molecule has 0 atom stereocenters. The Kier molecular flexibility index (Phi) is 7.57. The van der Waals surface area contributed by atoms with Gasteiger partial charge in [-0.1, -0.05) is 12.1 Å². The number of aryl methyl sites for hydroxylation is 2. The molecule has 2 rings (SSSR count). The monoisotopic (exact) mass is 422 g/mol. The van der Waals surface area contributed by atoms with Crippen LogP contribution in [0, 0.1) is 13.8 Å². The van der Waals surface area contributed by atoms with Gasteiger partial charge < -0.3 is 15.4 Å². The van der Waals surface area contributed by atoms with Gasteiger partial charge in [-0.05, 0) is 55.3 Å². The largest absolute Gasteiger partial charge is 0.456 e. The highest BCUT2D eigenvalue weighted by atomic mass is 19.4. The summed E-state index contributed by atoms with van der Waals surface area (Å²) in [6, 6.07) is 9.51. The standard InChI is InChI=1S/C21H21F3N2O4/c1-13-6-7-17(10-14(13)2)26-19(28)12-30-20(29)9-8-18(27)25-16-5-3-4-15(11-16)21(22,23)24/h3-7,10-11H,8-9,12H2,1-2H3,(H,25,27)(H,26,28). The average molecular weight is 422 g/mol. The van der Waals surface area contributed by atoms with Crippen LogP contribution in [-0.4, -0.2) is 24.4 Å². The van der Waals surface area contributed by atoms with E-state index in [-0.39, 0.29) is 18.5 Å². The predicted molar refractivity (Wildman–Crippen MR) is 105 cm³/mol. The van der Waals surface area contributed by atoms with Crippen molar-refractivity contribution in [2.45, 2.75) is 32.9 Å². The van der Waals surface area contributed by atoms with Gasteiger partial charge in [0, 0.05) is 17.8 Å². The second-order valence-corrected chi connectivity index (χ2v) is 6.63. The summed E-state index contributed by atoms with van der Waals surface area (Å²) >= 11 is 0. The Bertz CT molecular complexity index is 942. The lowest BCUT2D eigenvalue weighted by molar-refractivity contribution is -0.147. The predicted octanol–water partition coefficient (Wildman–Crippen LogP) is 4.22. The van der Waals surface area contributed by atoms with Crippen LogP contribution in [0.15, 0.2) is 42.5 Å². The van der Waals surface area contributed by atoms with Gasteiger partial charge in [0.1, 0.15) is 0 Å². The Hall–Kier alpha value is -3.36. The van der Waals surface area contributed by atoms with Crippen molar-refractivity contribution >= 4 is 29.2 Å². The molecule has 0 heterocycles. The number of hydrogen-bond donors (Lipinski definition) is 2. The van der Waals surface area contributed by atoms with Gasteiger partial charge in [-0.25, -0.2) is 0 Å². The first-order chi connectivity index (χ1) is 14.0. The summed E-state index contributed by atoms with van der Waals surface area (Å²) in [5.41, 5.74) is 1.71. The minimum Gasteiger partial charge on any atom is -0.456 e. The van der Waals surface area contributed by atoms with Crippen molar-refractivity contribution in [2.75, 3.05) is 17.2 Å². The van der Waals surface area contributed by atoms with E-state index in [1.54, 1.807) is 12.1 Å². The quantitative estimate of drug-likeness (QED) is 0.655. The number of alkyl halides is 3. The van der Waals surface area contributed by atoms with Crippen LogP contribution in [0.1, 0.15) is 29.5 Å². The van der Waals surface area contributed by atoms with Crippen molar-refractivity contribution in [1.82, 2.24) is 0 Å². The molecule has 9 heteroatoms. The number of esters is 1. The Morgan fingerprint density at radius 2 is 1.53 bits per heavy atom. The number of carbonyl (C=O) groups is 3. The molecule has 0 aliphatic rings. The van der Waals surface area contributed by atoms with E-state index in [9.17, 15) is 27.6 Å². The fourth-order valence-electron chi connectivity index (χ4n) is 2.45. The maximum Gasteiger partial charge on any atom is 0.416 e. The third-order valence-electron chi connectivity index (χ3n) is 4.18. The molecular formula is C21H21F3N2O4. The van der Waals surface area contributed by atoms with E-state index in [1.807, 2.05) is 19.9 Å². The van der Waals surface area contributed by atoms with E-state index in [1.165, 1.54) is 12.1 Å². The Balaban J connectivity index is 1.74. The molecule has 160 valence electrons. The number of hydrogen-bond acceptors (Lipinski definition) is 4. The SMILES string of the molecule is Cc1ccc(NC(=O)COC(=O)CCC(=O)Nc2cccc(C(F)(F)F)c2)cc1C. The number of amides is 2. The maximum atomic E-state index is 12.7. The molecule has 0 fully saturated rings. The molecule has 2 amide bonds. The molecule has 0 spiro atoms. The normalized spacial score (nSPS) is 11.0. The molecule has 2 aromatic rings. The zero-order chi connectivity index (χ0) is 22.3. The first kappa shape index (κ1) is 22.9. The Labute approximate surface area is 171 Å². The lowest BCUT2D eigenvalue weighted by Crippen LogP contribution is -2.22. The highest BCUT2D eigenvalue weighted by Crippen LogP contribution is 2.30. The molecule has 0 aliphatic heterocycles. The summed E-state index contributed by atoms with van der Waals surface area (Å²) in [6.45, 7) is 3.32. The molecule has 0 radical (unpaired) electrons. The van der Waals surface area contributed by atoms with Crippen LogP contribution in [0.25, 0.3) is 0 Å². The first-order valence-corrected chi connectivity index (χ1v) is 9.04. The summed E-state index contributed by atoms with van der Waals surface area (Å²) in [4.78, 5) is 35.4. The second kappa shape index (κ2) is 9.91. The number of nitrogens with one attached hydrogen (secondary N) is 2. The van der Waals surface area contributed by atoms with Gasteiger partial charge in [0.2, 0.25) is 5.91 Å². The lowest BCUT2D eigenvalue weighted by atomic mass is 10.1. The number of anilines is 2. The zero-order valence-corrected chi connectivity index (χ0v) is 16.4. The number of carbonyl (C=O) groups excluding carboxylic acids is 3. The maximum absolute atomic E-state index is 12.7. The lowest BCUT2D eigenvalue weighted by Gasteiger charge is -2.10. The molecule has 0 unspecified atom stereocenters. The molecule has 0 aromatic heterocycles. The van der Waals surface area contributed by atoms with Gasteiger partial charge >= 0.3 is 12.1 Å². The smallest absolute Gasteiger partial charge is 0.416 e. The van der Waals surface area contributed by atoms with Crippen LogP contribution in [0.2, 0.25) is 0 Å². The number of benzene rings is 2. The van der Waals surface area contributed by atoms with Crippen LogP contribution in [0.5, 0.6) is 0 Å². The van der Waals surface area contributed by atoms with E-state index in [0.29, 0.717) is 5.69 Å². The molecular weight excluding hydrogens is 401 g/mol. The van der Waals surface area contributed by atoms with Gasteiger partial charge in [0.25, 0.3) is 5.91 Å². The van der Waals surface area contributed by atoms with Crippen molar-refractivity contribution in [3.8, 4) is 0 Å². The van der Waals surface area contributed by atoms with E-state index in [0.717, 1.165) is 23.3 Å². The summed E-state index contributed by atoms with van der Waals surface area (Å²) in [6.07, 6.45) is -5.14. The van der Waals surface area contributed by atoms with Crippen LogP contribution < -0.4 is 10.6 Å². The molecule has 30 heavy (non-hydrogen) atoms. The highest BCUT2D eigenvalue weighted by Gasteiger charge is 2.30. The fourth-order valence-corrected chi connectivity index (χ4v) is 2.45. The van der Waals surface area contributed by atoms with Gasteiger partial charge in [0.05, 0.1) is 12.0 Å². The topological polar surface area (TPSA) is 84.5 Å². The molecule has 2 N–H and O–H groups in total. The third-order valence-corrected chi connectivity index (χ3v) is 4.18. The number of halogens is 3. The van der Waals surface area contributed by atoms with Crippen LogP contribution in [0.4, 0.5) is 24.5 Å². The van der Waals surface area contributed by atoms with Crippen molar-refractivity contribution in [2.24, 2.45) is 0 Å². The van der Waals surface area contributed by atoms with Crippen molar-refractivity contribution < 1.29 is 32.3 Å². The molecule has 6 nitrogen and oxygen atoms in total. The summed E-state index contributed by atoms with van der Waals surface area (Å²) in [5.74, 6) is -1.95. The van der Waals surface area contributed by atoms with Crippen LogP contribution in [-0.2, 0) is 25.3 Å². The summed E-state index contributed by atoms with van der Waals surface area (Å²) < 4.78 is 42.8. The van der Waals surface area contributed by atoms with Crippen molar-refractivity contribution in [3.05, 3.63) is 59.2 Å². The van der Waals surface area contributed by atoms with Gasteiger partial charge in [-0.3, -0.25) is 14.4 Å². The van der Waals surface area contributed by atoms with E-state index >= 15 is 0 Å². The van der Waals surface area contributed by atoms with Gasteiger partial charge in [0.15, 0.2) is 6.61 Å². The Morgan fingerprint density at radius 3 is 2.20 bits per heavy atom. The fraction of sp³-hybridized carbons (Fsp3) is 0.286. The van der Waals surface area contributed by atoms with Crippen molar-refractivity contribution in [1.29, 1.82) is 0 Å². The summed E-state index contributed by atoms with van der Waals surface area (Å²) in [5, 5.41) is 4.88. The van der Waals surface area contributed by atoms with Crippen LogP contribution in [0.3, 0.4) is 0 Å². The molecule has 0 bridgehead atoms. The number of ether oxygens (including phenoxy) is 1. The minimum absolute atomic E-state index is 0.0315. The summed E-state index contributed by atoms with van der Waals surface area (Å²) in [7, 11) is 0. The van der Waals surface area contributed by atoms with Gasteiger partial charge in [-0.2, -0.15) is 13.2 Å². The number of rotatable bonds is 7. The molecule has 0 aliphatic carbocycles. The van der Waals surface area contributed by atoms with E-state index < -0.39 is 36.1 Å². The second-order valence-electron chi connectivity index (χ2n) is 6.63. The minimum atomic E-state index is -4.53. The first-order valence-electron chi connectivity index (χ1n) is 9.04. The molecule has 2 aromatic carbocycles. The van der Waals surface area contributed by atoms with E-state index in [4.69, 9.17) is 4.74 Å². The van der Waals surface area contributed by atoms with Crippen LogP contribution >= 0.6 is 0 Å². The third kappa shape index (κ3) is 7.23. The molecule has 0 saturated heterocycles. The highest BCUT2D eigenvalue weighted by molar-refractivity contribution is 5.94. The molecule has 0 saturated carbocycles. The Morgan fingerprint density at radius 1 is 0.867 bits per heavy atom. The van der Waals surface area contributed by atoms with Gasteiger partial charge in [-0.15, -0.1) is 0 Å². The average Bonchev–Trinajstić information content (AvgIpc) is 2.67.